The third-order valence-electron chi connectivity index (χ3n) is 11.2. The Kier molecular flexibility index (Phi) is 11.7. The monoisotopic (exact) mass is 651 g/mol. The van der Waals surface area contributed by atoms with Crippen LogP contribution >= 0.6 is 0 Å². The van der Waals surface area contributed by atoms with Crippen LogP contribution in [0.25, 0.3) is 0 Å². The maximum absolute atomic E-state index is 15.4. The summed E-state index contributed by atoms with van der Waals surface area (Å²) in [4.78, 5) is 32.2. The number of aliphatic hydroxyl groups is 1. The molecule has 0 aromatic heterocycles. The topological polar surface area (TPSA) is 82.6 Å². The molecule has 0 bridgehead atoms. The van der Waals surface area contributed by atoms with E-state index in [1.165, 1.54) is 18.9 Å². The van der Waals surface area contributed by atoms with Crippen molar-refractivity contribution >= 4 is 11.9 Å². The zero-order valence-corrected chi connectivity index (χ0v) is 28.0. The van der Waals surface area contributed by atoms with E-state index in [0.29, 0.717) is 44.1 Å². The van der Waals surface area contributed by atoms with Crippen LogP contribution in [0.15, 0.2) is 36.5 Å². The third-order valence-corrected chi connectivity index (χ3v) is 11.2. The van der Waals surface area contributed by atoms with E-state index < -0.39 is 36.2 Å². The molecule has 1 aromatic rings. The van der Waals surface area contributed by atoms with Crippen LogP contribution in [-0.2, 0) is 14.3 Å². The number of benzene rings is 1. The lowest BCUT2D eigenvalue weighted by Gasteiger charge is -2.50. The Bertz CT molecular complexity index is 1190. The van der Waals surface area contributed by atoms with Crippen molar-refractivity contribution in [3.63, 3.8) is 0 Å². The van der Waals surface area contributed by atoms with E-state index in [2.05, 4.69) is 11.5 Å². The molecule has 3 aliphatic rings. The number of ether oxygens (including phenoxy) is 2. The van der Waals surface area contributed by atoms with E-state index >= 15 is 13.2 Å². The number of esters is 1. The molecule has 2 saturated heterocycles. The van der Waals surface area contributed by atoms with Crippen molar-refractivity contribution < 1.29 is 37.3 Å². The van der Waals surface area contributed by atoms with Gasteiger partial charge >= 0.3 is 12.1 Å². The van der Waals surface area contributed by atoms with Crippen molar-refractivity contribution in [3.8, 4) is 5.75 Å². The highest BCUT2D eigenvalue weighted by atomic mass is 19.4. The summed E-state index contributed by atoms with van der Waals surface area (Å²) < 4.78 is 56.4. The first-order valence-electron chi connectivity index (χ1n) is 16.7. The van der Waals surface area contributed by atoms with Crippen LogP contribution in [0.3, 0.4) is 0 Å². The molecule has 8 nitrogen and oxygen atoms in total. The van der Waals surface area contributed by atoms with E-state index in [0.717, 1.165) is 38.2 Å². The van der Waals surface area contributed by atoms with Gasteiger partial charge in [0.05, 0.1) is 38.7 Å². The zero-order valence-electron chi connectivity index (χ0n) is 28.0. The summed E-state index contributed by atoms with van der Waals surface area (Å²) in [5.41, 5.74) is -1.70. The number of rotatable bonds is 12. The summed E-state index contributed by atoms with van der Waals surface area (Å²) in [5.74, 6) is -1.23. The third kappa shape index (κ3) is 7.05. The van der Waals surface area contributed by atoms with Crippen LogP contribution in [0.4, 0.5) is 13.2 Å². The molecule has 2 aliphatic heterocycles. The number of alkyl halides is 3. The summed E-state index contributed by atoms with van der Waals surface area (Å²) in [5, 5.41) is 10.5. The molecule has 0 spiro atoms. The molecule has 1 N–H and O–H groups in total. The van der Waals surface area contributed by atoms with Crippen LogP contribution in [0.2, 0.25) is 0 Å². The lowest BCUT2D eigenvalue weighted by molar-refractivity contribution is -0.231. The number of carbonyl (C=O) groups is 2. The van der Waals surface area contributed by atoms with E-state index in [-0.39, 0.29) is 42.5 Å². The fraction of sp³-hybridized carbons (Fsp3) is 0.714. The minimum absolute atomic E-state index is 0.132. The van der Waals surface area contributed by atoms with Crippen molar-refractivity contribution in [2.75, 3.05) is 47.0 Å². The lowest BCUT2D eigenvalue weighted by Crippen LogP contribution is -2.61. The molecule has 1 aromatic carbocycles. The first kappa shape index (κ1) is 36.1. The van der Waals surface area contributed by atoms with Crippen molar-refractivity contribution in [3.05, 3.63) is 42.1 Å². The Balaban J connectivity index is 1.70. The average Bonchev–Trinajstić information content (AvgIpc) is 3.76. The number of likely N-dealkylation sites (tertiary alicyclic amines) is 2. The maximum atomic E-state index is 15.4. The van der Waals surface area contributed by atoms with Gasteiger partial charge in [0.15, 0.2) is 0 Å². The van der Waals surface area contributed by atoms with Crippen molar-refractivity contribution in [2.45, 2.75) is 95.9 Å². The van der Waals surface area contributed by atoms with E-state index in [1.54, 1.807) is 18.9 Å². The minimum Gasteiger partial charge on any atom is -0.497 e. The highest BCUT2D eigenvalue weighted by molar-refractivity contribution is 5.81. The second kappa shape index (κ2) is 15.0. The van der Waals surface area contributed by atoms with Gasteiger partial charge in [-0.1, -0.05) is 38.5 Å². The average molecular weight is 652 g/mol. The van der Waals surface area contributed by atoms with Crippen molar-refractivity contribution in [1.29, 1.82) is 0 Å². The van der Waals surface area contributed by atoms with Gasteiger partial charge in [-0.15, -0.1) is 0 Å². The first-order chi connectivity index (χ1) is 21.8. The van der Waals surface area contributed by atoms with Crippen LogP contribution < -0.4 is 4.74 Å². The Morgan fingerprint density at radius 2 is 1.67 bits per heavy atom. The number of piperidine rings is 1. The lowest BCUT2D eigenvalue weighted by atomic mass is 9.75. The summed E-state index contributed by atoms with van der Waals surface area (Å²) in [6.45, 7) is 9.43. The molecule has 4 rings (SSSR count). The highest BCUT2D eigenvalue weighted by Crippen LogP contribution is 2.50. The predicted octanol–water partition coefficient (Wildman–Crippen LogP) is 5.61. The van der Waals surface area contributed by atoms with Gasteiger partial charge in [-0.3, -0.25) is 14.5 Å². The Morgan fingerprint density at radius 3 is 2.17 bits per heavy atom. The molecule has 2 unspecified atom stereocenters. The summed E-state index contributed by atoms with van der Waals surface area (Å²) in [6.07, 6.45) is 0.593. The smallest absolute Gasteiger partial charge is 0.401 e. The molecule has 258 valence electrons. The Morgan fingerprint density at radius 1 is 1.07 bits per heavy atom. The number of aliphatic hydroxyl groups excluding tert-OH is 1. The molecule has 1 aliphatic carbocycles. The van der Waals surface area contributed by atoms with Gasteiger partial charge in [-0.25, -0.2) is 0 Å². The quantitative estimate of drug-likeness (QED) is 0.295. The number of carbonyl (C=O) groups excluding carboxylic acids is 2. The SMILES string of the molecule is C=C(N1CCC(C(=O)OC)CC1)C(C)(C(C)N(C(=O)[C@@H]1CN(C2CCCC2)C[C@H]1c1ccc(OC)cc1)[C@@H](CC)CO)C(F)(F)F. The standard InChI is InChI=1S/C35H52F3N3O5/c1-7-27(22-42)41(24(3)34(4,35(36,37)38)23(2)39-18-16-26(17-19-39)33(44)46-6)32(43)31-21-40(28-10-8-9-11-28)20-30(31)25-12-14-29(45-5)15-13-25/h12-15,24,26-28,30-31,42H,2,7-11,16-22H2,1,3-6H3/t24?,27-,30-,31+,34?/m0/s1. The Labute approximate surface area is 271 Å². The normalized spacial score (nSPS) is 24.3. The maximum Gasteiger partial charge on any atom is 0.401 e. The molecule has 3 fully saturated rings. The van der Waals surface area contributed by atoms with Gasteiger partial charge in [0.2, 0.25) is 5.91 Å². The van der Waals surface area contributed by atoms with E-state index in [9.17, 15) is 14.7 Å². The van der Waals surface area contributed by atoms with Gasteiger partial charge in [0, 0.05) is 49.9 Å². The van der Waals surface area contributed by atoms with Gasteiger partial charge in [0.1, 0.15) is 11.2 Å². The molecular formula is C35H52F3N3O5. The zero-order chi connectivity index (χ0) is 33.8. The summed E-state index contributed by atoms with van der Waals surface area (Å²) in [7, 11) is 2.90. The van der Waals surface area contributed by atoms with Crippen LogP contribution in [-0.4, -0.2) is 103 Å². The number of halogens is 3. The fourth-order valence-corrected chi connectivity index (χ4v) is 7.93. The molecule has 1 amide bonds. The second-order valence-corrected chi connectivity index (χ2v) is 13.5. The van der Waals surface area contributed by atoms with Crippen molar-refractivity contribution in [1.82, 2.24) is 14.7 Å². The number of hydrogen-bond acceptors (Lipinski definition) is 7. The molecule has 5 atom stereocenters. The number of hydrogen-bond donors (Lipinski definition) is 1. The minimum atomic E-state index is -4.75. The first-order valence-corrected chi connectivity index (χ1v) is 16.7. The van der Waals surface area contributed by atoms with Gasteiger partial charge in [-0.05, 0) is 63.6 Å². The van der Waals surface area contributed by atoms with Crippen LogP contribution in [0.1, 0.15) is 77.2 Å². The molecule has 11 heteroatoms. The second-order valence-electron chi connectivity index (χ2n) is 13.5. The predicted molar refractivity (Wildman–Crippen MR) is 170 cm³/mol. The largest absolute Gasteiger partial charge is 0.497 e. The van der Waals surface area contributed by atoms with Gasteiger partial charge < -0.3 is 24.4 Å². The number of methoxy groups -OCH3 is 2. The van der Waals surface area contributed by atoms with Crippen LogP contribution in [0, 0.1) is 17.3 Å². The summed E-state index contributed by atoms with van der Waals surface area (Å²) >= 11 is 0. The molecule has 46 heavy (non-hydrogen) atoms. The number of amides is 1. The molecule has 1 saturated carbocycles. The van der Waals surface area contributed by atoms with Crippen LogP contribution in [0.5, 0.6) is 5.75 Å². The number of nitrogens with zero attached hydrogens (tertiary/aromatic N) is 3. The molecule has 2 heterocycles. The summed E-state index contributed by atoms with van der Waals surface area (Å²) in [6, 6.07) is 5.77. The van der Waals surface area contributed by atoms with Crippen molar-refractivity contribution in [2.24, 2.45) is 17.3 Å². The molecular weight excluding hydrogens is 599 g/mol. The molecule has 0 radical (unpaired) electrons. The van der Waals surface area contributed by atoms with Gasteiger partial charge in [0.25, 0.3) is 0 Å². The van der Waals surface area contributed by atoms with E-state index in [4.69, 9.17) is 9.47 Å². The van der Waals surface area contributed by atoms with Gasteiger partial charge in [-0.2, -0.15) is 13.2 Å². The Hall–Kier alpha value is -2.79. The van der Waals surface area contributed by atoms with E-state index in [1.807, 2.05) is 24.3 Å². The fourth-order valence-electron chi connectivity index (χ4n) is 7.93. The highest BCUT2D eigenvalue weighted by Gasteiger charge is 2.61.